The summed E-state index contributed by atoms with van der Waals surface area (Å²) in [6, 6.07) is 11.4. The lowest BCUT2D eigenvalue weighted by molar-refractivity contribution is -0.152. The maximum atomic E-state index is 14.3. The lowest BCUT2D eigenvalue weighted by atomic mass is 9.79. The molecule has 8 nitrogen and oxygen atoms in total. The van der Waals surface area contributed by atoms with E-state index in [1.165, 1.54) is 0 Å². The smallest absolute Gasteiger partial charge is 0.315 e. The molecule has 0 saturated heterocycles. The zero-order valence-corrected chi connectivity index (χ0v) is 30.0. The van der Waals surface area contributed by atoms with Crippen molar-refractivity contribution in [3.63, 3.8) is 0 Å². The first kappa shape index (κ1) is 34.0. The predicted molar refractivity (Wildman–Crippen MR) is 190 cm³/mol. The summed E-state index contributed by atoms with van der Waals surface area (Å²) in [4.78, 5) is 53.7. The Kier molecular flexibility index (Phi) is 7.85. The molecule has 0 aliphatic heterocycles. The van der Waals surface area contributed by atoms with Crippen LogP contribution in [0.2, 0.25) is 0 Å². The minimum atomic E-state index is -1.00. The largest absolute Gasteiger partial charge is 0.481 e. The van der Waals surface area contributed by atoms with Gasteiger partial charge in [-0.25, -0.2) is 0 Å². The number of benzene rings is 3. The molecule has 8 atom stereocenters. The lowest BCUT2D eigenvalue weighted by Gasteiger charge is -2.30. The van der Waals surface area contributed by atoms with Gasteiger partial charge in [0.25, 0.3) is 0 Å². The molecule has 0 aromatic heterocycles. The minimum absolute atomic E-state index is 0.206. The summed E-state index contributed by atoms with van der Waals surface area (Å²) in [6.45, 7) is 16.2. The molecule has 7 rings (SSSR count). The van der Waals surface area contributed by atoms with Gasteiger partial charge in [0.2, 0.25) is 0 Å². The number of rotatable bonds is 6. The topological polar surface area (TPSA) is 127 Å². The summed E-state index contributed by atoms with van der Waals surface area (Å²) in [6.07, 6.45) is 5.25. The number of aliphatic carboxylic acids is 2. The van der Waals surface area contributed by atoms with Crippen LogP contribution in [0.4, 0.5) is 0 Å². The molecule has 0 amide bonds. The van der Waals surface area contributed by atoms with Crippen molar-refractivity contribution < 1.29 is 38.9 Å². The average Bonchev–Trinajstić information content (AvgIpc) is 3.79. The van der Waals surface area contributed by atoms with Crippen LogP contribution in [0.25, 0.3) is 21.5 Å². The van der Waals surface area contributed by atoms with Crippen molar-refractivity contribution in [2.45, 2.75) is 79.1 Å². The van der Waals surface area contributed by atoms with Gasteiger partial charge >= 0.3 is 23.9 Å². The van der Waals surface area contributed by atoms with Crippen LogP contribution in [0.1, 0.15) is 79.4 Å². The van der Waals surface area contributed by atoms with Crippen molar-refractivity contribution in [2.75, 3.05) is 0 Å². The molecule has 8 unspecified atom stereocenters. The van der Waals surface area contributed by atoms with E-state index in [0.717, 1.165) is 22.3 Å². The number of esters is 2. The Labute approximate surface area is 292 Å². The highest BCUT2D eigenvalue weighted by Crippen LogP contribution is 2.55. The van der Waals surface area contributed by atoms with Crippen molar-refractivity contribution in [3.05, 3.63) is 70.8 Å². The van der Waals surface area contributed by atoms with Crippen molar-refractivity contribution >= 4 is 45.4 Å². The molecule has 4 bridgehead atoms. The normalized spacial score (nSPS) is 28.6. The highest BCUT2D eigenvalue weighted by Gasteiger charge is 2.56. The monoisotopic (exact) mass is 678 g/mol. The van der Waals surface area contributed by atoms with Crippen LogP contribution >= 0.6 is 0 Å². The van der Waals surface area contributed by atoms with Gasteiger partial charge in [-0.2, -0.15) is 0 Å². The number of hydrogen-bond acceptors (Lipinski definition) is 6. The van der Waals surface area contributed by atoms with Crippen LogP contribution in [0.5, 0.6) is 11.5 Å². The molecule has 262 valence electrons. The van der Waals surface area contributed by atoms with Crippen LogP contribution in [-0.4, -0.2) is 34.1 Å². The zero-order valence-electron chi connectivity index (χ0n) is 30.0. The molecule has 0 heterocycles. The van der Waals surface area contributed by atoms with Crippen LogP contribution < -0.4 is 9.47 Å². The fourth-order valence-corrected chi connectivity index (χ4v) is 9.75. The summed E-state index contributed by atoms with van der Waals surface area (Å²) in [5.74, 6) is -6.82. The van der Waals surface area contributed by atoms with Crippen molar-refractivity contribution in [2.24, 2.45) is 47.3 Å². The van der Waals surface area contributed by atoms with Gasteiger partial charge in [-0.1, -0.05) is 101 Å². The summed E-state index contributed by atoms with van der Waals surface area (Å²) in [7, 11) is 0. The zero-order chi connectivity index (χ0) is 36.2. The van der Waals surface area contributed by atoms with Crippen molar-refractivity contribution in [1.82, 2.24) is 0 Å². The molecule has 3 aromatic rings. The summed E-state index contributed by atoms with van der Waals surface area (Å²) in [5, 5.41) is 22.9. The van der Waals surface area contributed by atoms with E-state index in [9.17, 15) is 29.4 Å². The third-order valence-electron chi connectivity index (χ3n) is 11.9. The SMILES string of the molecule is CC1=CC2CC1C(C(=O)O)C2C(=O)Oc1c2cccc(C(C)(C)C)c2c(OC(=O)C2C3C=C(C)C(C3)C2C(=O)O)c2cccc(C(C)(C)C)c12. The number of ether oxygens (including phenoxy) is 2. The molecule has 50 heavy (non-hydrogen) atoms. The van der Waals surface area contributed by atoms with Crippen LogP contribution in [-0.2, 0) is 30.0 Å². The fourth-order valence-electron chi connectivity index (χ4n) is 9.75. The van der Waals surface area contributed by atoms with E-state index in [2.05, 4.69) is 41.5 Å². The van der Waals surface area contributed by atoms with Crippen molar-refractivity contribution in [3.8, 4) is 11.5 Å². The van der Waals surface area contributed by atoms with Crippen LogP contribution in [0.15, 0.2) is 59.7 Å². The molecule has 2 N–H and O–H groups in total. The van der Waals surface area contributed by atoms with Gasteiger partial charge in [0.1, 0.15) is 11.5 Å². The van der Waals surface area contributed by atoms with E-state index in [-0.39, 0.29) is 23.7 Å². The molecular formula is C42H46O8. The van der Waals surface area contributed by atoms with Gasteiger partial charge in [-0.05, 0) is 72.3 Å². The summed E-state index contributed by atoms with van der Waals surface area (Å²) < 4.78 is 13.0. The molecule has 4 aliphatic rings. The molecule has 0 spiro atoms. The van der Waals surface area contributed by atoms with Gasteiger partial charge in [0.05, 0.1) is 23.7 Å². The van der Waals surface area contributed by atoms with Gasteiger partial charge in [0, 0.05) is 21.5 Å². The second-order valence-electron chi connectivity index (χ2n) is 17.1. The Bertz CT molecular complexity index is 1910. The Hall–Kier alpha value is -4.46. The number of allylic oxidation sites excluding steroid dienone is 4. The van der Waals surface area contributed by atoms with Gasteiger partial charge in [-0.15, -0.1) is 0 Å². The third-order valence-corrected chi connectivity index (χ3v) is 11.9. The minimum Gasteiger partial charge on any atom is -0.481 e. The second kappa shape index (κ2) is 11.5. The number of carboxylic acid groups (broad SMARTS) is 2. The molecule has 2 fully saturated rings. The molecule has 4 aliphatic carbocycles. The maximum Gasteiger partial charge on any atom is 0.315 e. The fraction of sp³-hybridized carbons (Fsp3) is 0.476. The first-order chi connectivity index (χ1) is 23.4. The number of hydrogen-bond donors (Lipinski definition) is 2. The van der Waals surface area contributed by atoms with Crippen LogP contribution in [0, 0.1) is 47.3 Å². The van der Waals surface area contributed by atoms with Gasteiger partial charge in [-0.3, -0.25) is 19.2 Å². The quantitative estimate of drug-likeness (QED) is 0.116. The van der Waals surface area contributed by atoms with E-state index in [0.29, 0.717) is 45.9 Å². The first-order valence-corrected chi connectivity index (χ1v) is 17.7. The molecule has 8 heteroatoms. The number of carbonyl (C=O) groups is 4. The molecular weight excluding hydrogens is 632 g/mol. The molecule has 2 saturated carbocycles. The molecule has 0 radical (unpaired) electrons. The Balaban J connectivity index is 1.46. The lowest BCUT2D eigenvalue weighted by Crippen LogP contribution is -2.37. The summed E-state index contributed by atoms with van der Waals surface area (Å²) in [5.41, 5.74) is 2.86. The van der Waals surface area contributed by atoms with E-state index in [1.54, 1.807) is 0 Å². The third kappa shape index (κ3) is 5.16. The van der Waals surface area contributed by atoms with Gasteiger partial charge < -0.3 is 19.7 Å². The van der Waals surface area contributed by atoms with E-state index >= 15 is 0 Å². The highest BCUT2D eigenvalue weighted by molar-refractivity contribution is 6.15. The second-order valence-corrected chi connectivity index (χ2v) is 17.1. The van der Waals surface area contributed by atoms with Crippen LogP contribution in [0.3, 0.4) is 0 Å². The predicted octanol–water partition coefficient (Wildman–Crippen LogP) is 8.22. The standard InChI is InChI=1S/C42H46O8/c1-19-15-21-17-25(19)33(37(43)44)29(21)39(47)49-35-23-11-9-14-28(42(6,7)8)32(23)36(24-12-10-13-27(31(24)35)41(3,4)5)50-40(48)30-22-16-20(2)26(18-22)34(30)38(45)46/h9-16,21-22,25-26,29-30,33-34H,17-18H2,1-8H3,(H,43,44)(H,45,46). The number of carbonyl (C=O) groups excluding carboxylic acids is 2. The number of carboxylic acids is 2. The summed E-state index contributed by atoms with van der Waals surface area (Å²) >= 11 is 0. The van der Waals surface area contributed by atoms with E-state index in [1.807, 2.05) is 62.4 Å². The van der Waals surface area contributed by atoms with Crippen molar-refractivity contribution in [1.29, 1.82) is 0 Å². The highest BCUT2D eigenvalue weighted by atomic mass is 16.5. The average molecular weight is 679 g/mol. The molecule has 3 aromatic carbocycles. The number of fused-ring (bicyclic) bond motifs is 6. The first-order valence-electron chi connectivity index (χ1n) is 17.7. The Morgan fingerprint density at radius 1 is 0.600 bits per heavy atom. The van der Waals surface area contributed by atoms with E-state index in [4.69, 9.17) is 9.47 Å². The van der Waals surface area contributed by atoms with E-state index < -0.39 is 58.4 Å². The Morgan fingerprint density at radius 3 is 1.28 bits per heavy atom. The Morgan fingerprint density at radius 2 is 0.960 bits per heavy atom. The van der Waals surface area contributed by atoms with Gasteiger partial charge in [0.15, 0.2) is 0 Å². The maximum absolute atomic E-state index is 14.3.